The highest BCUT2D eigenvalue weighted by Gasteiger charge is 2.11. The van der Waals surface area contributed by atoms with Crippen LogP contribution in [0.5, 0.6) is 0 Å². The lowest BCUT2D eigenvalue weighted by Crippen LogP contribution is -2.03. The van der Waals surface area contributed by atoms with Gasteiger partial charge in [0.1, 0.15) is 0 Å². The fourth-order valence-electron chi connectivity index (χ4n) is 1.74. The van der Waals surface area contributed by atoms with Crippen molar-refractivity contribution >= 4 is 21.7 Å². The summed E-state index contributed by atoms with van der Waals surface area (Å²) in [5.41, 5.74) is 3.63. The predicted molar refractivity (Wildman–Crippen MR) is 73.5 cm³/mol. The lowest BCUT2D eigenvalue weighted by atomic mass is 9.97. The Morgan fingerprint density at radius 1 is 1.00 bits per heavy atom. The zero-order valence-corrected chi connectivity index (χ0v) is 11.4. The van der Waals surface area contributed by atoms with E-state index in [1.165, 1.54) is 0 Å². The maximum absolute atomic E-state index is 12.3. The van der Waals surface area contributed by atoms with Gasteiger partial charge in [0, 0.05) is 15.6 Å². The van der Waals surface area contributed by atoms with Crippen LogP contribution in [0.3, 0.4) is 0 Å². The van der Waals surface area contributed by atoms with Crippen LogP contribution in [0.1, 0.15) is 27.0 Å². The molecule has 2 heteroatoms. The van der Waals surface area contributed by atoms with E-state index < -0.39 is 0 Å². The number of hydrogen-bond donors (Lipinski definition) is 0. The fraction of sp³-hybridized carbons (Fsp3) is 0.133. The van der Waals surface area contributed by atoms with E-state index in [0.717, 1.165) is 26.7 Å². The molecule has 0 radical (unpaired) electrons. The monoisotopic (exact) mass is 288 g/mol. The van der Waals surface area contributed by atoms with Crippen LogP contribution in [0, 0.1) is 13.8 Å². The van der Waals surface area contributed by atoms with Gasteiger partial charge in [0.15, 0.2) is 5.78 Å². The second kappa shape index (κ2) is 4.84. The van der Waals surface area contributed by atoms with Crippen LogP contribution in [0.2, 0.25) is 0 Å². The molecule has 0 aromatic heterocycles. The third-order valence-corrected chi connectivity index (χ3v) is 3.27. The first-order valence-corrected chi connectivity index (χ1v) is 6.25. The number of aryl methyl sites for hydroxylation is 2. The summed E-state index contributed by atoms with van der Waals surface area (Å²) >= 11 is 3.37. The number of ketones is 1. The van der Waals surface area contributed by atoms with Crippen molar-refractivity contribution in [3.8, 4) is 0 Å². The molecule has 2 rings (SSSR count). The number of hydrogen-bond acceptors (Lipinski definition) is 1. The molecular weight excluding hydrogens is 276 g/mol. The second-order valence-corrected chi connectivity index (χ2v) is 5.07. The maximum atomic E-state index is 12.3. The molecule has 0 spiro atoms. The van der Waals surface area contributed by atoms with Gasteiger partial charge in [-0.1, -0.05) is 33.6 Å². The van der Waals surface area contributed by atoms with Crippen molar-refractivity contribution in [2.24, 2.45) is 0 Å². The molecule has 0 heterocycles. The van der Waals surface area contributed by atoms with Gasteiger partial charge < -0.3 is 0 Å². The molecule has 0 atom stereocenters. The minimum absolute atomic E-state index is 0.0821. The highest BCUT2D eigenvalue weighted by Crippen LogP contribution is 2.17. The van der Waals surface area contributed by atoms with Crippen LogP contribution in [0.25, 0.3) is 0 Å². The van der Waals surface area contributed by atoms with Crippen molar-refractivity contribution in [2.45, 2.75) is 13.8 Å². The average molecular weight is 289 g/mol. The van der Waals surface area contributed by atoms with Crippen molar-refractivity contribution in [3.63, 3.8) is 0 Å². The number of carbonyl (C=O) groups excluding carboxylic acids is 1. The van der Waals surface area contributed by atoms with Crippen LogP contribution < -0.4 is 0 Å². The third kappa shape index (κ3) is 2.64. The van der Waals surface area contributed by atoms with Gasteiger partial charge in [0.2, 0.25) is 0 Å². The Morgan fingerprint density at radius 2 is 1.65 bits per heavy atom. The molecule has 0 saturated heterocycles. The van der Waals surface area contributed by atoms with Crippen molar-refractivity contribution in [1.29, 1.82) is 0 Å². The summed E-state index contributed by atoms with van der Waals surface area (Å²) in [6.45, 7) is 3.96. The molecule has 86 valence electrons. The van der Waals surface area contributed by atoms with Crippen molar-refractivity contribution < 1.29 is 4.79 Å². The van der Waals surface area contributed by atoms with Gasteiger partial charge >= 0.3 is 0 Å². The molecule has 2 aromatic carbocycles. The molecule has 2 aromatic rings. The number of benzene rings is 2. The molecule has 0 aliphatic carbocycles. The van der Waals surface area contributed by atoms with Gasteiger partial charge in [-0.05, 0) is 49.7 Å². The Kier molecular flexibility index (Phi) is 3.43. The zero-order valence-electron chi connectivity index (χ0n) is 9.83. The topological polar surface area (TPSA) is 17.1 Å². The Labute approximate surface area is 110 Å². The van der Waals surface area contributed by atoms with E-state index in [1.807, 2.05) is 56.3 Å². The van der Waals surface area contributed by atoms with Crippen LogP contribution in [0.4, 0.5) is 0 Å². The SMILES string of the molecule is Cc1ccc(C)c(C(=O)c2ccc(Br)cc2)c1. The van der Waals surface area contributed by atoms with Gasteiger partial charge in [-0.25, -0.2) is 0 Å². The highest BCUT2D eigenvalue weighted by atomic mass is 79.9. The quantitative estimate of drug-likeness (QED) is 0.753. The minimum atomic E-state index is 0.0821. The summed E-state index contributed by atoms with van der Waals surface area (Å²) in [5, 5.41) is 0. The van der Waals surface area contributed by atoms with E-state index in [1.54, 1.807) is 0 Å². The molecule has 1 nitrogen and oxygen atoms in total. The molecular formula is C15H13BrO. The molecule has 0 bridgehead atoms. The number of halogens is 1. The van der Waals surface area contributed by atoms with E-state index in [-0.39, 0.29) is 5.78 Å². The van der Waals surface area contributed by atoms with Gasteiger partial charge in [-0.3, -0.25) is 4.79 Å². The first-order valence-electron chi connectivity index (χ1n) is 5.45. The van der Waals surface area contributed by atoms with Crippen molar-refractivity contribution in [2.75, 3.05) is 0 Å². The van der Waals surface area contributed by atoms with E-state index in [4.69, 9.17) is 0 Å². The second-order valence-electron chi connectivity index (χ2n) is 4.15. The van der Waals surface area contributed by atoms with E-state index >= 15 is 0 Å². The summed E-state index contributed by atoms with van der Waals surface area (Å²) in [6.07, 6.45) is 0. The first kappa shape index (κ1) is 12.1. The average Bonchev–Trinajstić information content (AvgIpc) is 2.32. The van der Waals surface area contributed by atoms with Gasteiger partial charge in [0.05, 0.1) is 0 Å². The van der Waals surface area contributed by atoms with Crippen molar-refractivity contribution in [3.05, 3.63) is 69.2 Å². The van der Waals surface area contributed by atoms with E-state index in [9.17, 15) is 4.79 Å². The Balaban J connectivity index is 2.43. The first-order chi connectivity index (χ1) is 8.08. The molecule has 0 aliphatic heterocycles. The normalized spacial score (nSPS) is 10.3. The van der Waals surface area contributed by atoms with Crippen LogP contribution in [-0.4, -0.2) is 5.78 Å². The largest absolute Gasteiger partial charge is 0.289 e. The Bertz CT molecular complexity index is 556. The molecule has 0 fully saturated rings. The van der Waals surface area contributed by atoms with Crippen LogP contribution >= 0.6 is 15.9 Å². The van der Waals surface area contributed by atoms with Gasteiger partial charge in [0.25, 0.3) is 0 Å². The smallest absolute Gasteiger partial charge is 0.193 e. The molecule has 17 heavy (non-hydrogen) atoms. The van der Waals surface area contributed by atoms with Crippen LogP contribution in [0.15, 0.2) is 46.9 Å². The fourth-order valence-corrected chi connectivity index (χ4v) is 2.00. The van der Waals surface area contributed by atoms with Crippen LogP contribution in [-0.2, 0) is 0 Å². The molecule has 0 amide bonds. The lowest BCUT2D eigenvalue weighted by molar-refractivity contribution is 0.103. The summed E-state index contributed by atoms with van der Waals surface area (Å²) in [4.78, 5) is 12.3. The molecule has 0 aliphatic rings. The summed E-state index contributed by atoms with van der Waals surface area (Å²) in [6, 6.07) is 13.4. The van der Waals surface area contributed by atoms with E-state index in [2.05, 4.69) is 15.9 Å². The summed E-state index contributed by atoms with van der Waals surface area (Å²) < 4.78 is 0.981. The lowest BCUT2D eigenvalue weighted by Gasteiger charge is -2.06. The maximum Gasteiger partial charge on any atom is 0.193 e. The van der Waals surface area contributed by atoms with Gasteiger partial charge in [-0.2, -0.15) is 0 Å². The minimum Gasteiger partial charge on any atom is -0.289 e. The molecule has 0 N–H and O–H groups in total. The van der Waals surface area contributed by atoms with E-state index in [0.29, 0.717) is 0 Å². The zero-order chi connectivity index (χ0) is 12.4. The predicted octanol–water partition coefficient (Wildman–Crippen LogP) is 4.30. The standard InChI is InChI=1S/C15H13BrO/c1-10-3-4-11(2)14(9-10)15(17)12-5-7-13(16)8-6-12/h3-9H,1-2H3. The molecule has 0 saturated carbocycles. The summed E-state index contributed by atoms with van der Waals surface area (Å²) in [7, 11) is 0. The van der Waals surface area contributed by atoms with Crippen molar-refractivity contribution in [1.82, 2.24) is 0 Å². The Hall–Kier alpha value is -1.41. The number of rotatable bonds is 2. The third-order valence-electron chi connectivity index (χ3n) is 2.74. The number of carbonyl (C=O) groups is 1. The van der Waals surface area contributed by atoms with Gasteiger partial charge in [-0.15, -0.1) is 0 Å². The summed E-state index contributed by atoms with van der Waals surface area (Å²) in [5.74, 6) is 0.0821. The highest BCUT2D eigenvalue weighted by molar-refractivity contribution is 9.10. The Morgan fingerprint density at radius 3 is 2.29 bits per heavy atom. The molecule has 0 unspecified atom stereocenters.